The Morgan fingerprint density at radius 2 is 1.96 bits per heavy atom. The number of carbonyl (C=O) groups excluding carboxylic acids is 1. The number of amides is 1. The van der Waals surface area contributed by atoms with Gasteiger partial charge in [0, 0.05) is 24.4 Å². The number of hydrogen-bond donors (Lipinski definition) is 1. The zero-order chi connectivity index (χ0) is 17.9. The van der Waals surface area contributed by atoms with Gasteiger partial charge in [0.15, 0.2) is 5.75 Å². The highest BCUT2D eigenvalue weighted by molar-refractivity contribution is 6.02. The zero-order valence-electron chi connectivity index (χ0n) is 13.3. The van der Waals surface area contributed by atoms with E-state index in [4.69, 9.17) is 0 Å². The third kappa shape index (κ3) is 4.37. The van der Waals surface area contributed by atoms with Gasteiger partial charge in [-0.25, -0.2) is 0 Å². The van der Waals surface area contributed by atoms with E-state index in [1.54, 1.807) is 24.7 Å². The van der Waals surface area contributed by atoms with Crippen molar-refractivity contribution in [3.8, 4) is 5.75 Å². The number of nitrogens with one attached hydrogen (secondary N) is 1. The number of ether oxygens (including phenoxy) is 1. The summed E-state index contributed by atoms with van der Waals surface area (Å²) in [6.07, 6.45) is -2.03. The van der Waals surface area contributed by atoms with Gasteiger partial charge in [0.05, 0.1) is 11.4 Å². The first-order valence-electron chi connectivity index (χ1n) is 7.01. The monoisotopic (exact) mass is 339 g/mol. The molecule has 0 atom stereocenters. The van der Waals surface area contributed by atoms with Crippen LogP contribution in [0.25, 0.3) is 6.08 Å². The first-order chi connectivity index (χ1) is 11.2. The second-order valence-electron chi connectivity index (χ2n) is 5.07. The normalized spacial score (nSPS) is 11.8. The number of anilines is 1. The average molecular weight is 339 g/mol. The summed E-state index contributed by atoms with van der Waals surface area (Å²) in [5, 5.41) is 6.59. The number of aromatic nitrogens is 2. The number of hydrogen-bond acceptors (Lipinski definition) is 3. The number of rotatable bonds is 4. The number of benzene rings is 1. The maximum absolute atomic E-state index is 12.4. The molecule has 1 aromatic heterocycles. The summed E-state index contributed by atoms with van der Waals surface area (Å²) < 4.78 is 42.6. The number of alkyl halides is 3. The lowest BCUT2D eigenvalue weighted by Gasteiger charge is -2.13. The van der Waals surface area contributed by atoms with Crippen LogP contribution in [0.2, 0.25) is 0 Å². The maximum atomic E-state index is 12.4. The molecule has 24 heavy (non-hydrogen) atoms. The van der Waals surface area contributed by atoms with Crippen LogP contribution < -0.4 is 10.1 Å². The van der Waals surface area contributed by atoms with Gasteiger partial charge < -0.3 is 10.1 Å². The molecular formula is C16H16F3N3O2. The Kier molecular flexibility index (Phi) is 4.96. The molecule has 0 aliphatic carbocycles. The Balaban J connectivity index is 2.14. The van der Waals surface area contributed by atoms with E-state index in [-0.39, 0.29) is 5.69 Å². The molecule has 2 aromatic rings. The molecule has 0 saturated heterocycles. The smallest absolute Gasteiger partial charge is 0.404 e. The third-order valence-corrected chi connectivity index (χ3v) is 3.34. The number of aryl methyl sites for hydroxylation is 2. The van der Waals surface area contributed by atoms with Gasteiger partial charge >= 0.3 is 6.36 Å². The number of halogens is 3. The van der Waals surface area contributed by atoms with E-state index in [9.17, 15) is 18.0 Å². The minimum absolute atomic E-state index is 0.0656. The van der Waals surface area contributed by atoms with Crippen LogP contribution in [0.4, 0.5) is 18.9 Å². The Bertz CT molecular complexity index is 779. The second-order valence-corrected chi connectivity index (χ2v) is 5.07. The van der Waals surface area contributed by atoms with E-state index in [0.717, 1.165) is 23.0 Å². The second kappa shape index (κ2) is 6.77. The predicted octanol–water partition coefficient (Wildman–Crippen LogP) is 3.59. The molecule has 0 fully saturated rings. The maximum Gasteiger partial charge on any atom is 0.573 e. The molecule has 0 saturated carbocycles. The van der Waals surface area contributed by atoms with E-state index in [1.165, 1.54) is 24.3 Å². The third-order valence-electron chi connectivity index (χ3n) is 3.34. The molecule has 0 radical (unpaired) electrons. The van der Waals surface area contributed by atoms with Crippen LogP contribution in [0.5, 0.6) is 5.75 Å². The fraction of sp³-hybridized carbons (Fsp3) is 0.250. The zero-order valence-corrected chi connectivity index (χ0v) is 13.3. The van der Waals surface area contributed by atoms with Crippen molar-refractivity contribution in [2.75, 3.05) is 5.32 Å². The summed E-state index contributed by atoms with van der Waals surface area (Å²) in [4.78, 5) is 12.0. The van der Waals surface area contributed by atoms with E-state index >= 15 is 0 Å². The van der Waals surface area contributed by atoms with Crippen LogP contribution in [-0.2, 0) is 11.8 Å². The van der Waals surface area contributed by atoms with Gasteiger partial charge in [-0.1, -0.05) is 12.1 Å². The van der Waals surface area contributed by atoms with Crippen LogP contribution in [0.3, 0.4) is 0 Å². The minimum Gasteiger partial charge on any atom is -0.404 e. The molecule has 1 amide bonds. The SMILES string of the molecule is Cc1nn(C)c(C)c1/C=C/C(=O)Nc1ccccc1OC(F)(F)F. The van der Waals surface area contributed by atoms with Crippen LogP contribution >= 0.6 is 0 Å². The van der Waals surface area contributed by atoms with Crippen LogP contribution in [-0.4, -0.2) is 22.1 Å². The van der Waals surface area contributed by atoms with Crippen molar-refractivity contribution in [2.24, 2.45) is 7.05 Å². The van der Waals surface area contributed by atoms with Crippen LogP contribution in [0.1, 0.15) is 17.0 Å². The highest BCUT2D eigenvalue weighted by atomic mass is 19.4. The molecule has 1 aromatic carbocycles. The fourth-order valence-corrected chi connectivity index (χ4v) is 2.15. The minimum atomic E-state index is -4.83. The van der Waals surface area contributed by atoms with E-state index in [2.05, 4.69) is 15.2 Å². The van der Waals surface area contributed by atoms with Crippen molar-refractivity contribution >= 4 is 17.7 Å². The van der Waals surface area contributed by atoms with E-state index in [0.29, 0.717) is 0 Å². The fourth-order valence-electron chi connectivity index (χ4n) is 2.15. The molecule has 128 valence electrons. The van der Waals surface area contributed by atoms with Gasteiger partial charge in [-0.3, -0.25) is 9.48 Å². The summed E-state index contributed by atoms with van der Waals surface area (Å²) in [7, 11) is 1.78. The van der Waals surface area contributed by atoms with Crippen molar-refractivity contribution in [1.82, 2.24) is 9.78 Å². The largest absolute Gasteiger partial charge is 0.573 e. The molecule has 2 rings (SSSR count). The predicted molar refractivity (Wildman–Crippen MR) is 83.5 cm³/mol. The molecule has 0 unspecified atom stereocenters. The molecule has 5 nitrogen and oxygen atoms in total. The van der Waals surface area contributed by atoms with Gasteiger partial charge in [0.25, 0.3) is 0 Å². The first kappa shape index (κ1) is 17.6. The lowest BCUT2D eigenvalue weighted by atomic mass is 10.2. The molecular weight excluding hydrogens is 323 g/mol. The van der Waals surface area contributed by atoms with Crippen LogP contribution in [0.15, 0.2) is 30.3 Å². The summed E-state index contributed by atoms with van der Waals surface area (Å²) in [5.74, 6) is -1.05. The topological polar surface area (TPSA) is 56.2 Å². The molecule has 8 heteroatoms. The lowest BCUT2D eigenvalue weighted by Crippen LogP contribution is -2.19. The molecule has 1 N–H and O–H groups in total. The Morgan fingerprint density at radius 3 is 2.54 bits per heavy atom. The van der Waals surface area contributed by atoms with Gasteiger partial charge in [-0.05, 0) is 32.1 Å². The molecule has 0 aliphatic rings. The first-order valence-corrected chi connectivity index (χ1v) is 7.01. The van der Waals surface area contributed by atoms with Crippen LogP contribution in [0, 0.1) is 13.8 Å². The molecule has 0 spiro atoms. The number of para-hydroxylation sites is 2. The van der Waals surface area contributed by atoms with Gasteiger partial charge in [0.2, 0.25) is 5.91 Å². The summed E-state index contributed by atoms with van der Waals surface area (Å²) >= 11 is 0. The van der Waals surface area contributed by atoms with Crippen molar-refractivity contribution in [3.05, 3.63) is 47.3 Å². The Labute approximate surface area is 136 Å². The molecule has 0 aliphatic heterocycles. The summed E-state index contributed by atoms with van der Waals surface area (Å²) in [6, 6.07) is 5.34. The van der Waals surface area contributed by atoms with Crippen molar-refractivity contribution in [2.45, 2.75) is 20.2 Å². The van der Waals surface area contributed by atoms with E-state index < -0.39 is 18.0 Å². The summed E-state index contributed by atoms with van der Waals surface area (Å²) in [5.41, 5.74) is 2.34. The highest BCUT2D eigenvalue weighted by Crippen LogP contribution is 2.29. The van der Waals surface area contributed by atoms with Gasteiger partial charge in [-0.2, -0.15) is 5.10 Å². The van der Waals surface area contributed by atoms with Crippen molar-refractivity contribution in [1.29, 1.82) is 0 Å². The Hall–Kier alpha value is -2.77. The Morgan fingerprint density at radius 1 is 1.29 bits per heavy atom. The number of nitrogens with zero attached hydrogens (tertiary/aromatic N) is 2. The number of carbonyl (C=O) groups is 1. The molecule has 0 bridgehead atoms. The molecule has 1 heterocycles. The van der Waals surface area contributed by atoms with Gasteiger partial charge in [-0.15, -0.1) is 13.2 Å². The highest BCUT2D eigenvalue weighted by Gasteiger charge is 2.32. The quantitative estimate of drug-likeness (QED) is 0.866. The average Bonchev–Trinajstić information content (AvgIpc) is 2.71. The summed E-state index contributed by atoms with van der Waals surface area (Å²) in [6.45, 7) is 3.65. The van der Waals surface area contributed by atoms with Crippen molar-refractivity contribution < 1.29 is 22.7 Å². The van der Waals surface area contributed by atoms with Gasteiger partial charge in [0.1, 0.15) is 0 Å². The standard InChI is InChI=1S/C16H16F3N3O2/c1-10-12(11(2)22(3)21-10)8-9-15(23)20-13-6-4-5-7-14(13)24-16(17,18)19/h4-9H,1-3H3,(H,20,23)/b9-8+. The van der Waals surface area contributed by atoms with E-state index in [1.807, 2.05) is 6.92 Å². The lowest BCUT2D eigenvalue weighted by molar-refractivity contribution is -0.274. The van der Waals surface area contributed by atoms with Crippen molar-refractivity contribution in [3.63, 3.8) is 0 Å².